The summed E-state index contributed by atoms with van der Waals surface area (Å²) >= 11 is 0. The van der Waals surface area contributed by atoms with Crippen LogP contribution in [-0.4, -0.2) is 36.0 Å². The number of benzene rings is 1. The number of pyridine rings is 1. The number of anilines is 1. The Morgan fingerprint density at radius 2 is 2.17 bits per heavy atom. The van der Waals surface area contributed by atoms with Crippen LogP contribution in [0.1, 0.15) is 28.0 Å². The molecule has 4 rings (SSSR count). The van der Waals surface area contributed by atoms with Crippen LogP contribution in [-0.2, 0) is 10.3 Å². The molecule has 2 aliphatic rings. The highest BCUT2D eigenvalue weighted by Gasteiger charge is 2.62. The number of amides is 1. The van der Waals surface area contributed by atoms with E-state index < -0.39 is 30.2 Å². The van der Waals surface area contributed by atoms with Crippen LogP contribution in [0.25, 0.3) is 0 Å². The molecule has 2 aliphatic heterocycles. The zero-order valence-electron chi connectivity index (χ0n) is 14.9. The number of nitrogens with one attached hydrogen (secondary N) is 1. The second-order valence-corrected chi connectivity index (χ2v) is 6.66. The second-order valence-electron chi connectivity index (χ2n) is 6.66. The van der Waals surface area contributed by atoms with Gasteiger partial charge in [-0.25, -0.2) is 4.98 Å². The van der Waals surface area contributed by atoms with Crippen molar-refractivity contribution in [2.24, 2.45) is 10.7 Å². The molecule has 2 atom stereocenters. The number of carbonyl (C=O) groups is 1. The fourth-order valence-corrected chi connectivity index (χ4v) is 3.36. The molecule has 0 fully saturated rings. The number of fused-ring (bicyclic) bond motifs is 2. The van der Waals surface area contributed by atoms with Crippen molar-refractivity contribution in [1.29, 1.82) is 5.26 Å². The minimum atomic E-state index is -3.32. The molecule has 0 saturated heterocycles. The van der Waals surface area contributed by atoms with Gasteiger partial charge in [-0.15, -0.1) is 0 Å². The first-order valence-electron chi connectivity index (χ1n) is 8.63. The normalized spacial score (nSPS) is 24.0. The van der Waals surface area contributed by atoms with Gasteiger partial charge in [0.05, 0.1) is 5.56 Å². The molecule has 10 heteroatoms. The molecule has 3 heterocycles. The number of nitrogens with two attached hydrogens (primary N) is 1. The molecule has 0 aliphatic carbocycles. The van der Waals surface area contributed by atoms with Gasteiger partial charge in [0.25, 0.3) is 5.91 Å². The van der Waals surface area contributed by atoms with Crippen LogP contribution in [0.2, 0.25) is 0 Å². The highest BCUT2D eigenvalue weighted by molar-refractivity contribution is 6.03. The van der Waals surface area contributed by atoms with Gasteiger partial charge in [0.1, 0.15) is 24.1 Å². The number of aromatic nitrogens is 1. The van der Waals surface area contributed by atoms with Crippen molar-refractivity contribution in [3.63, 3.8) is 0 Å². The standard InChI is InChI=1S/C19H15F2N5O3/c20-19(21)9-24-10-28-18(19)6-16(23)29-15-4-2-12(5-13(15)18)26-17(27)14-3-1-11(7-22)8-25-14/h1-5,8,10,16H,6,9,23H2,(H,26,27)/t16-,18?/m1/s1. The van der Waals surface area contributed by atoms with Crippen molar-refractivity contribution >= 4 is 18.0 Å². The molecule has 0 bridgehead atoms. The molecule has 1 unspecified atom stereocenters. The van der Waals surface area contributed by atoms with Crippen LogP contribution in [0.5, 0.6) is 5.75 Å². The van der Waals surface area contributed by atoms with E-state index in [-0.39, 0.29) is 29.1 Å². The first-order chi connectivity index (χ1) is 13.8. The van der Waals surface area contributed by atoms with E-state index in [4.69, 9.17) is 20.5 Å². The zero-order chi connectivity index (χ0) is 20.6. The second kappa shape index (κ2) is 6.79. The van der Waals surface area contributed by atoms with Crippen LogP contribution >= 0.6 is 0 Å². The van der Waals surface area contributed by atoms with E-state index >= 15 is 0 Å². The smallest absolute Gasteiger partial charge is 0.310 e. The number of nitrogens with zero attached hydrogens (tertiary/aromatic N) is 3. The number of nitriles is 1. The average Bonchev–Trinajstić information content (AvgIpc) is 2.70. The van der Waals surface area contributed by atoms with Crippen molar-refractivity contribution in [3.05, 3.63) is 53.3 Å². The van der Waals surface area contributed by atoms with E-state index in [1.54, 1.807) is 0 Å². The van der Waals surface area contributed by atoms with Gasteiger partial charge in [-0.2, -0.15) is 14.0 Å². The Bertz CT molecular complexity index is 1040. The minimum absolute atomic E-state index is 0.0703. The maximum absolute atomic E-state index is 14.9. The Kier molecular flexibility index (Phi) is 4.39. The molecule has 0 radical (unpaired) electrons. The van der Waals surface area contributed by atoms with E-state index in [1.165, 1.54) is 36.5 Å². The molecule has 1 aromatic heterocycles. The van der Waals surface area contributed by atoms with Crippen molar-refractivity contribution < 1.29 is 23.0 Å². The lowest BCUT2D eigenvalue weighted by Gasteiger charge is -2.45. The molecular formula is C19H15F2N5O3. The van der Waals surface area contributed by atoms with Crippen LogP contribution in [0.4, 0.5) is 14.5 Å². The Morgan fingerprint density at radius 1 is 1.34 bits per heavy atom. The predicted octanol–water partition coefficient (Wildman–Crippen LogP) is 2.16. The number of alkyl halides is 2. The number of hydrogen-bond acceptors (Lipinski definition) is 7. The van der Waals surface area contributed by atoms with E-state index in [9.17, 15) is 13.6 Å². The van der Waals surface area contributed by atoms with E-state index in [1.807, 2.05) is 6.07 Å². The molecular weight excluding hydrogens is 384 g/mol. The lowest BCUT2D eigenvalue weighted by Crippen LogP contribution is -2.57. The predicted molar refractivity (Wildman–Crippen MR) is 97.6 cm³/mol. The highest BCUT2D eigenvalue weighted by Crippen LogP contribution is 2.52. The lowest BCUT2D eigenvalue weighted by atomic mass is 9.80. The summed E-state index contributed by atoms with van der Waals surface area (Å²) in [4.78, 5) is 19.9. The van der Waals surface area contributed by atoms with E-state index in [2.05, 4.69) is 15.3 Å². The average molecular weight is 399 g/mol. The third-order valence-corrected chi connectivity index (χ3v) is 4.77. The summed E-state index contributed by atoms with van der Waals surface area (Å²) in [6.45, 7) is -0.745. The maximum Gasteiger partial charge on any atom is 0.310 e. The van der Waals surface area contributed by atoms with Gasteiger partial charge in [0.2, 0.25) is 5.60 Å². The number of halogens is 2. The molecule has 1 spiro atoms. The van der Waals surface area contributed by atoms with Crippen molar-refractivity contribution in [2.45, 2.75) is 24.2 Å². The van der Waals surface area contributed by atoms with Crippen LogP contribution < -0.4 is 15.8 Å². The van der Waals surface area contributed by atoms with Crippen LogP contribution in [0, 0.1) is 11.3 Å². The Balaban J connectivity index is 1.68. The maximum atomic E-state index is 14.9. The Hall–Kier alpha value is -3.58. The number of aliphatic imine (C=N–C) groups is 1. The van der Waals surface area contributed by atoms with E-state index in [0.29, 0.717) is 5.56 Å². The zero-order valence-corrected chi connectivity index (χ0v) is 14.9. The highest BCUT2D eigenvalue weighted by atomic mass is 19.3. The first-order valence-corrected chi connectivity index (χ1v) is 8.63. The summed E-state index contributed by atoms with van der Waals surface area (Å²) in [5, 5.41) is 11.4. The number of carbonyl (C=O) groups excluding carboxylic acids is 1. The monoisotopic (exact) mass is 399 g/mol. The fourth-order valence-electron chi connectivity index (χ4n) is 3.36. The minimum Gasteiger partial charge on any atom is -0.475 e. The lowest BCUT2D eigenvalue weighted by molar-refractivity contribution is -0.197. The number of rotatable bonds is 2. The fraction of sp³-hybridized carbons (Fsp3) is 0.263. The molecule has 3 N–H and O–H groups in total. The Labute approximate surface area is 164 Å². The van der Waals surface area contributed by atoms with E-state index in [0.717, 1.165) is 6.40 Å². The molecule has 8 nitrogen and oxygen atoms in total. The van der Waals surface area contributed by atoms with Crippen LogP contribution in [0.3, 0.4) is 0 Å². The van der Waals surface area contributed by atoms with Gasteiger partial charge in [-0.1, -0.05) is 0 Å². The van der Waals surface area contributed by atoms with Gasteiger partial charge >= 0.3 is 5.92 Å². The largest absolute Gasteiger partial charge is 0.475 e. The third-order valence-electron chi connectivity index (χ3n) is 4.77. The van der Waals surface area contributed by atoms with Crippen molar-refractivity contribution in [3.8, 4) is 11.8 Å². The molecule has 1 aromatic carbocycles. The topological polar surface area (TPSA) is 123 Å². The molecule has 29 heavy (non-hydrogen) atoms. The van der Waals surface area contributed by atoms with Crippen molar-refractivity contribution in [1.82, 2.24) is 4.98 Å². The number of hydrogen-bond donors (Lipinski definition) is 2. The summed E-state index contributed by atoms with van der Waals surface area (Å²) in [5.41, 5.74) is 4.47. The van der Waals surface area contributed by atoms with Gasteiger partial charge in [-0.3, -0.25) is 15.5 Å². The van der Waals surface area contributed by atoms with Gasteiger partial charge in [-0.05, 0) is 30.3 Å². The molecule has 2 aromatic rings. The van der Waals surface area contributed by atoms with Crippen molar-refractivity contribution in [2.75, 3.05) is 11.9 Å². The number of ether oxygens (including phenoxy) is 2. The molecule has 0 saturated carbocycles. The molecule has 1 amide bonds. The summed E-state index contributed by atoms with van der Waals surface area (Å²) < 4.78 is 40.5. The SMILES string of the molecule is N#Cc1ccc(C(=O)Nc2ccc3c(c2)C2(C[C@H](N)O3)OC=NCC2(F)F)nc1. The van der Waals surface area contributed by atoms with Gasteiger partial charge < -0.3 is 14.8 Å². The summed E-state index contributed by atoms with van der Waals surface area (Å²) in [6.07, 6.45) is 0.990. The quantitative estimate of drug-likeness (QED) is 0.798. The third kappa shape index (κ3) is 3.15. The van der Waals surface area contributed by atoms with Crippen LogP contribution in [0.15, 0.2) is 41.5 Å². The summed E-state index contributed by atoms with van der Waals surface area (Å²) in [6, 6.07) is 9.07. The Morgan fingerprint density at radius 3 is 2.86 bits per heavy atom. The van der Waals surface area contributed by atoms with Gasteiger partial charge in [0, 0.05) is 23.9 Å². The first kappa shape index (κ1) is 18.8. The molecule has 148 valence electrons. The summed E-state index contributed by atoms with van der Waals surface area (Å²) in [7, 11) is 0. The van der Waals surface area contributed by atoms with Gasteiger partial charge in [0.15, 0.2) is 12.6 Å². The summed E-state index contributed by atoms with van der Waals surface area (Å²) in [5.74, 6) is -3.74.